The topological polar surface area (TPSA) is 71.5 Å². The molecule has 0 saturated carbocycles. The van der Waals surface area contributed by atoms with Gasteiger partial charge in [0.1, 0.15) is 5.60 Å². The van der Waals surface area contributed by atoms with Crippen molar-refractivity contribution in [1.29, 1.82) is 0 Å². The molecule has 136 valence electrons. The zero-order valence-electron chi connectivity index (χ0n) is 15.2. The third kappa shape index (κ3) is 6.57. The van der Waals surface area contributed by atoms with Gasteiger partial charge in [-0.25, -0.2) is 4.79 Å². The van der Waals surface area contributed by atoms with Crippen molar-refractivity contribution < 1.29 is 14.3 Å². The molecule has 0 radical (unpaired) electrons. The Morgan fingerprint density at radius 1 is 1.40 bits per heavy atom. The van der Waals surface area contributed by atoms with E-state index >= 15 is 0 Å². The number of hydrogen-bond acceptors (Lipinski definition) is 4. The van der Waals surface area contributed by atoms with Crippen molar-refractivity contribution in [3.63, 3.8) is 0 Å². The van der Waals surface area contributed by atoms with Crippen LogP contribution in [0.3, 0.4) is 0 Å². The van der Waals surface area contributed by atoms with E-state index in [9.17, 15) is 9.59 Å². The summed E-state index contributed by atoms with van der Waals surface area (Å²) in [4.78, 5) is 30.2. The van der Waals surface area contributed by atoms with Crippen LogP contribution in [0.4, 0.5) is 4.79 Å². The molecule has 1 aliphatic heterocycles. The number of carbonyl (C=O) groups excluding carboxylic acids is 2. The quantitative estimate of drug-likeness (QED) is 0.852. The second kappa shape index (κ2) is 8.65. The standard InChI is InChI=1S/C19H27N3O3/c1-19(2,3)25-18(24)21-14-16-8-4-5-12-22(16)17(23)10-9-15-7-6-11-20-13-15/h6-7,9-11,13,16H,4-5,8,12,14H2,1-3H3,(H,21,24)/b10-9+/t16-/m0/s1. The fourth-order valence-corrected chi connectivity index (χ4v) is 2.76. The van der Waals surface area contributed by atoms with E-state index in [0.29, 0.717) is 13.1 Å². The van der Waals surface area contributed by atoms with Gasteiger partial charge >= 0.3 is 6.09 Å². The molecule has 6 heteroatoms. The smallest absolute Gasteiger partial charge is 0.407 e. The predicted octanol–water partition coefficient (Wildman–Crippen LogP) is 3.00. The number of aromatic nitrogens is 1. The van der Waals surface area contributed by atoms with Crippen LogP contribution in [0.15, 0.2) is 30.6 Å². The molecule has 1 saturated heterocycles. The van der Waals surface area contributed by atoms with E-state index in [2.05, 4.69) is 10.3 Å². The van der Waals surface area contributed by atoms with Crippen molar-refractivity contribution in [2.45, 2.75) is 51.7 Å². The van der Waals surface area contributed by atoms with Crippen molar-refractivity contribution in [3.8, 4) is 0 Å². The molecule has 6 nitrogen and oxygen atoms in total. The van der Waals surface area contributed by atoms with Crippen LogP contribution < -0.4 is 5.32 Å². The molecule has 1 N–H and O–H groups in total. The van der Waals surface area contributed by atoms with E-state index in [-0.39, 0.29) is 11.9 Å². The summed E-state index contributed by atoms with van der Waals surface area (Å²) >= 11 is 0. The zero-order chi connectivity index (χ0) is 18.3. The van der Waals surface area contributed by atoms with Gasteiger partial charge in [0.2, 0.25) is 5.91 Å². The van der Waals surface area contributed by atoms with E-state index in [1.165, 1.54) is 0 Å². The number of nitrogens with one attached hydrogen (secondary N) is 1. The van der Waals surface area contributed by atoms with Crippen molar-refractivity contribution >= 4 is 18.1 Å². The van der Waals surface area contributed by atoms with Gasteiger partial charge in [-0.05, 0) is 57.7 Å². The first-order valence-electron chi connectivity index (χ1n) is 8.71. The van der Waals surface area contributed by atoms with E-state index in [4.69, 9.17) is 4.74 Å². The molecule has 0 aliphatic carbocycles. The van der Waals surface area contributed by atoms with Crippen LogP contribution in [0.5, 0.6) is 0 Å². The summed E-state index contributed by atoms with van der Waals surface area (Å²) in [5, 5.41) is 2.78. The van der Waals surface area contributed by atoms with Gasteiger partial charge in [0.25, 0.3) is 0 Å². The Morgan fingerprint density at radius 3 is 2.88 bits per heavy atom. The predicted molar refractivity (Wildman–Crippen MR) is 96.9 cm³/mol. The molecule has 2 amide bonds. The van der Waals surface area contributed by atoms with Crippen LogP contribution in [-0.4, -0.2) is 46.6 Å². The number of alkyl carbamates (subject to hydrolysis) is 1. The van der Waals surface area contributed by atoms with Gasteiger partial charge in [0.05, 0.1) is 0 Å². The Kier molecular flexibility index (Phi) is 6.56. The summed E-state index contributed by atoms with van der Waals surface area (Å²) in [6.45, 7) is 6.59. The maximum Gasteiger partial charge on any atom is 0.407 e. The monoisotopic (exact) mass is 345 g/mol. The first kappa shape index (κ1) is 19.0. The summed E-state index contributed by atoms with van der Waals surface area (Å²) < 4.78 is 5.26. The molecule has 1 fully saturated rings. The average Bonchev–Trinajstić information content (AvgIpc) is 2.57. The van der Waals surface area contributed by atoms with Crippen LogP contribution in [0, 0.1) is 0 Å². The van der Waals surface area contributed by atoms with Gasteiger partial charge in [-0.3, -0.25) is 9.78 Å². The largest absolute Gasteiger partial charge is 0.444 e. The first-order valence-corrected chi connectivity index (χ1v) is 8.71. The van der Waals surface area contributed by atoms with Gasteiger partial charge in [0.15, 0.2) is 0 Å². The molecule has 1 atom stereocenters. The number of likely N-dealkylation sites (tertiary alicyclic amines) is 1. The second-order valence-corrected chi connectivity index (χ2v) is 7.18. The zero-order valence-corrected chi connectivity index (χ0v) is 15.2. The highest BCUT2D eigenvalue weighted by Gasteiger charge is 2.26. The highest BCUT2D eigenvalue weighted by atomic mass is 16.6. The van der Waals surface area contributed by atoms with Gasteiger partial charge in [-0.15, -0.1) is 0 Å². The van der Waals surface area contributed by atoms with E-state index < -0.39 is 11.7 Å². The number of nitrogens with zero attached hydrogens (tertiary/aromatic N) is 2. The van der Waals surface area contributed by atoms with Gasteiger partial charge in [-0.1, -0.05) is 6.07 Å². The Morgan fingerprint density at radius 2 is 2.20 bits per heavy atom. The van der Waals surface area contributed by atoms with Gasteiger partial charge in [0, 0.05) is 37.6 Å². The van der Waals surface area contributed by atoms with Crippen molar-refractivity contribution in [2.24, 2.45) is 0 Å². The molecule has 0 aromatic carbocycles. The molecule has 25 heavy (non-hydrogen) atoms. The van der Waals surface area contributed by atoms with Crippen molar-refractivity contribution in [3.05, 3.63) is 36.2 Å². The summed E-state index contributed by atoms with van der Waals surface area (Å²) in [6.07, 6.45) is 9.21. The van der Waals surface area contributed by atoms with Crippen LogP contribution in [-0.2, 0) is 9.53 Å². The Labute approximate surface area is 149 Å². The third-order valence-electron chi connectivity index (χ3n) is 3.89. The van der Waals surface area contributed by atoms with E-state index in [1.54, 1.807) is 24.5 Å². The lowest BCUT2D eigenvalue weighted by molar-refractivity contribution is -0.129. The second-order valence-electron chi connectivity index (χ2n) is 7.18. The molecular formula is C19H27N3O3. The fraction of sp³-hybridized carbons (Fsp3) is 0.526. The maximum absolute atomic E-state index is 12.5. The van der Waals surface area contributed by atoms with Crippen LogP contribution >= 0.6 is 0 Å². The highest BCUT2D eigenvalue weighted by Crippen LogP contribution is 2.17. The normalized spacial score (nSPS) is 18.2. The molecular weight excluding hydrogens is 318 g/mol. The van der Waals surface area contributed by atoms with E-state index in [1.807, 2.05) is 37.8 Å². The number of amides is 2. The Balaban J connectivity index is 1.92. The number of rotatable bonds is 4. The van der Waals surface area contributed by atoms with Crippen molar-refractivity contribution in [2.75, 3.05) is 13.1 Å². The number of piperidine rings is 1. The minimum atomic E-state index is -0.529. The summed E-state index contributed by atoms with van der Waals surface area (Å²) in [5.41, 5.74) is 0.356. The van der Waals surface area contributed by atoms with Gasteiger partial charge < -0.3 is 15.0 Å². The number of pyridine rings is 1. The van der Waals surface area contributed by atoms with Gasteiger partial charge in [-0.2, -0.15) is 0 Å². The summed E-state index contributed by atoms with van der Waals surface area (Å²) in [7, 11) is 0. The van der Waals surface area contributed by atoms with Crippen LogP contribution in [0.1, 0.15) is 45.6 Å². The number of ether oxygens (including phenoxy) is 1. The number of hydrogen-bond donors (Lipinski definition) is 1. The number of carbonyl (C=O) groups is 2. The lowest BCUT2D eigenvalue weighted by Crippen LogP contribution is -2.49. The highest BCUT2D eigenvalue weighted by molar-refractivity contribution is 5.92. The summed E-state index contributed by atoms with van der Waals surface area (Å²) in [5.74, 6) is -0.0421. The minimum absolute atomic E-state index is 0.00711. The Bertz CT molecular complexity index is 608. The lowest BCUT2D eigenvalue weighted by Gasteiger charge is -2.35. The SMILES string of the molecule is CC(C)(C)OC(=O)NC[C@@H]1CCCCN1C(=O)/C=C/c1cccnc1. The molecule has 0 bridgehead atoms. The molecule has 1 aliphatic rings. The average molecular weight is 345 g/mol. The Hall–Kier alpha value is -2.37. The molecule has 2 rings (SSSR count). The van der Waals surface area contributed by atoms with Crippen LogP contribution in [0.25, 0.3) is 6.08 Å². The molecule has 0 unspecified atom stereocenters. The third-order valence-corrected chi connectivity index (χ3v) is 3.89. The molecule has 2 heterocycles. The molecule has 1 aromatic rings. The fourth-order valence-electron chi connectivity index (χ4n) is 2.76. The van der Waals surface area contributed by atoms with Crippen LogP contribution in [0.2, 0.25) is 0 Å². The van der Waals surface area contributed by atoms with E-state index in [0.717, 1.165) is 24.8 Å². The molecule has 0 spiro atoms. The first-order chi connectivity index (χ1) is 11.8. The molecule has 1 aromatic heterocycles. The lowest BCUT2D eigenvalue weighted by atomic mass is 10.0. The van der Waals surface area contributed by atoms with Crippen molar-refractivity contribution in [1.82, 2.24) is 15.2 Å². The maximum atomic E-state index is 12.5. The minimum Gasteiger partial charge on any atom is -0.444 e. The summed E-state index contributed by atoms with van der Waals surface area (Å²) in [6, 6.07) is 3.72.